The molecule has 2 rings (SSSR count). The van der Waals surface area contributed by atoms with Gasteiger partial charge in [-0.2, -0.15) is 5.11 Å². The third-order valence-corrected chi connectivity index (χ3v) is 2.37. The van der Waals surface area contributed by atoms with Crippen LogP contribution in [-0.4, -0.2) is 13.2 Å². The molecule has 0 fully saturated rings. The number of hydrogen-bond donors (Lipinski definition) is 0. The molecule has 78 valence electrons. The van der Waals surface area contributed by atoms with Crippen LogP contribution in [0.15, 0.2) is 40.4 Å². The highest BCUT2D eigenvalue weighted by atomic mass is 35.5. The summed E-state index contributed by atoms with van der Waals surface area (Å²) in [6.07, 6.45) is 0. The highest BCUT2D eigenvalue weighted by Crippen LogP contribution is 2.26. The monoisotopic (exact) mass is 222 g/mol. The Hall–Kier alpha value is -1.35. The minimum absolute atomic E-state index is 0.580. The first-order chi connectivity index (χ1) is 7.31. The predicted octanol–water partition coefficient (Wildman–Crippen LogP) is 3.51. The summed E-state index contributed by atoms with van der Waals surface area (Å²) < 4.78 is 5.39. The maximum atomic E-state index is 5.82. The molecule has 3 nitrogen and oxygen atoms in total. The molecule has 0 bridgehead atoms. The first-order valence-electron chi connectivity index (χ1n) is 4.80. The van der Waals surface area contributed by atoms with Gasteiger partial charge in [0.2, 0.25) is 5.88 Å². The summed E-state index contributed by atoms with van der Waals surface area (Å²) in [7, 11) is 0. The molecular formula is C11H11ClN2O. The Morgan fingerprint density at radius 2 is 2.07 bits per heavy atom. The summed E-state index contributed by atoms with van der Waals surface area (Å²) in [6, 6.07) is 7.61. The molecule has 0 saturated carbocycles. The van der Waals surface area contributed by atoms with Crippen molar-refractivity contribution in [2.45, 2.75) is 6.92 Å². The van der Waals surface area contributed by atoms with Crippen LogP contribution in [0.1, 0.15) is 12.5 Å². The molecule has 1 aliphatic rings. The molecular weight excluding hydrogens is 212 g/mol. The maximum absolute atomic E-state index is 5.82. The largest absolute Gasteiger partial charge is 0.477 e. The smallest absolute Gasteiger partial charge is 0.238 e. The summed E-state index contributed by atoms with van der Waals surface area (Å²) in [4.78, 5) is 0. The molecule has 1 aromatic carbocycles. The second-order valence-corrected chi connectivity index (χ2v) is 3.56. The van der Waals surface area contributed by atoms with Crippen LogP contribution in [0.2, 0.25) is 5.02 Å². The first-order valence-corrected chi connectivity index (χ1v) is 5.18. The fraction of sp³-hybridized carbons (Fsp3) is 0.273. The summed E-state index contributed by atoms with van der Waals surface area (Å²) in [5.74, 6) is 0.625. The molecule has 0 unspecified atom stereocenters. The quantitative estimate of drug-likeness (QED) is 0.771. The summed E-state index contributed by atoms with van der Waals surface area (Å²) in [6.45, 7) is 3.11. The molecule has 0 amide bonds. The Bertz CT molecular complexity index is 409. The van der Waals surface area contributed by atoms with Gasteiger partial charge in [0.15, 0.2) is 0 Å². The van der Waals surface area contributed by atoms with Crippen molar-refractivity contribution in [3.8, 4) is 0 Å². The summed E-state index contributed by atoms with van der Waals surface area (Å²) in [5, 5.41) is 8.64. The van der Waals surface area contributed by atoms with Gasteiger partial charge >= 0.3 is 0 Å². The zero-order valence-electron chi connectivity index (χ0n) is 8.40. The van der Waals surface area contributed by atoms with Gasteiger partial charge in [-0.25, -0.2) is 0 Å². The van der Waals surface area contributed by atoms with Crippen molar-refractivity contribution in [2.75, 3.05) is 13.2 Å². The van der Waals surface area contributed by atoms with Gasteiger partial charge in [-0.1, -0.05) is 23.7 Å². The van der Waals surface area contributed by atoms with E-state index in [2.05, 4.69) is 10.2 Å². The fourth-order valence-corrected chi connectivity index (χ4v) is 1.54. The van der Waals surface area contributed by atoms with Gasteiger partial charge in [-0.05, 0) is 24.6 Å². The average molecular weight is 223 g/mol. The Morgan fingerprint density at radius 3 is 2.73 bits per heavy atom. The van der Waals surface area contributed by atoms with Crippen molar-refractivity contribution in [1.29, 1.82) is 0 Å². The molecule has 0 saturated heterocycles. The average Bonchev–Trinajstić information content (AvgIpc) is 2.68. The third kappa shape index (κ3) is 2.18. The van der Waals surface area contributed by atoms with Gasteiger partial charge in [0, 0.05) is 10.6 Å². The Labute approximate surface area is 93.4 Å². The maximum Gasteiger partial charge on any atom is 0.238 e. The molecule has 0 aromatic heterocycles. The molecule has 0 aliphatic carbocycles. The van der Waals surface area contributed by atoms with Crippen LogP contribution in [0.4, 0.5) is 0 Å². The highest BCUT2D eigenvalue weighted by Gasteiger charge is 2.14. The van der Waals surface area contributed by atoms with E-state index in [1.165, 1.54) is 0 Å². The van der Waals surface area contributed by atoms with E-state index in [1.54, 1.807) is 0 Å². The van der Waals surface area contributed by atoms with E-state index in [0.717, 1.165) is 16.2 Å². The lowest BCUT2D eigenvalue weighted by Gasteiger charge is -2.04. The van der Waals surface area contributed by atoms with Crippen LogP contribution < -0.4 is 0 Å². The van der Waals surface area contributed by atoms with Crippen molar-refractivity contribution >= 4 is 17.2 Å². The van der Waals surface area contributed by atoms with E-state index in [4.69, 9.17) is 16.3 Å². The van der Waals surface area contributed by atoms with E-state index in [1.807, 2.05) is 31.2 Å². The predicted molar refractivity (Wildman–Crippen MR) is 59.7 cm³/mol. The molecule has 1 heterocycles. The van der Waals surface area contributed by atoms with E-state index in [-0.39, 0.29) is 0 Å². The topological polar surface area (TPSA) is 34.0 Å². The lowest BCUT2D eigenvalue weighted by Crippen LogP contribution is -1.93. The van der Waals surface area contributed by atoms with Gasteiger partial charge in [-0.15, -0.1) is 5.11 Å². The first kappa shape index (κ1) is 10.2. The number of azo groups is 1. The standard InChI is InChI=1S/C11H11ClN2O/c1-2-15-11-10(7-13-14-11)8-3-5-9(12)6-4-8/h3-6H,2,7H2,1H3. The molecule has 15 heavy (non-hydrogen) atoms. The molecule has 0 atom stereocenters. The Kier molecular flexibility index (Phi) is 3.02. The number of halogens is 1. The van der Waals surface area contributed by atoms with Gasteiger partial charge in [-0.3, -0.25) is 0 Å². The second kappa shape index (κ2) is 4.45. The van der Waals surface area contributed by atoms with Gasteiger partial charge in [0.25, 0.3) is 0 Å². The van der Waals surface area contributed by atoms with Crippen molar-refractivity contribution in [3.05, 3.63) is 40.7 Å². The lowest BCUT2D eigenvalue weighted by molar-refractivity contribution is 0.228. The number of benzene rings is 1. The zero-order valence-corrected chi connectivity index (χ0v) is 9.16. The zero-order chi connectivity index (χ0) is 10.7. The van der Waals surface area contributed by atoms with Crippen LogP contribution in [-0.2, 0) is 4.74 Å². The van der Waals surface area contributed by atoms with Crippen LogP contribution in [0.3, 0.4) is 0 Å². The summed E-state index contributed by atoms with van der Waals surface area (Å²) >= 11 is 5.82. The second-order valence-electron chi connectivity index (χ2n) is 3.12. The van der Waals surface area contributed by atoms with Crippen LogP contribution in [0.25, 0.3) is 5.57 Å². The number of nitrogens with zero attached hydrogens (tertiary/aromatic N) is 2. The molecule has 0 radical (unpaired) electrons. The lowest BCUT2D eigenvalue weighted by atomic mass is 10.1. The van der Waals surface area contributed by atoms with Crippen LogP contribution in [0, 0.1) is 0 Å². The minimum atomic E-state index is 0.580. The third-order valence-electron chi connectivity index (χ3n) is 2.12. The van der Waals surface area contributed by atoms with E-state index in [9.17, 15) is 0 Å². The van der Waals surface area contributed by atoms with Crippen molar-refractivity contribution in [1.82, 2.24) is 0 Å². The fourth-order valence-electron chi connectivity index (χ4n) is 1.42. The number of ether oxygens (including phenoxy) is 1. The van der Waals surface area contributed by atoms with Crippen LogP contribution >= 0.6 is 11.6 Å². The highest BCUT2D eigenvalue weighted by molar-refractivity contribution is 6.30. The number of hydrogen-bond acceptors (Lipinski definition) is 3. The van der Waals surface area contributed by atoms with Gasteiger partial charge < -0.3 is 4.74 Å². The molecule has 4 heteroatoms. The molecule has 0 N–H and O–H groups in total. The van der Waals surface area contributed by atoms with E-state index >= 15 is 0 Å². The van der Waals surface area contributed by atoms with Gasteiger partial charge in [0.05, 0.1) is 13.2 Å². The van der Waals surface area contributed by atoms with Gasteiger partial charge in [0.1, 0.15) is 0 Å². The van der Waals surface area contributed by atoms with Crippen molar-refractivity contribution < 1.29 is 4.74 Å². The van der Waals surface area contributed by atoms with Crippen molar-refractivity contribution in [3.63, 3.8) is 0 Å². The number of rotatable bonds is 3. The molecule has 1 aliphatic heterocycles. The minimum Gasteiger partial charge on any atom is -0.477 e. The SMILES string of the molecule is CCOC1=C(c2ccc(Cl)cc2)CN=N1. The molecule has 1 aromatic rings. The molecule has 0 spiro atoms. The summed E-state index contributed by atoms with van der Waals surface area (Å²) in [5.41, 5.74) is 2.08. The van der Waals surface area contributed by atoms with Crippen molar-refractivity contribution in [2.24, 2.45) is 10.2 Å². The Morgan fingerprint density at radius 1 is 1.33 bits per heavy atom. The van der Waals surface area contributed by atoms with E-state index in [0.29, 0.717) is 19.0 Å². The Balaban J connectivity index is 2.30. The normalized spacial score (nSPS) is 14.8. The van der Waals surface area contributed by atoms with E-state index < -0.39 is 0 Å². The van der Waals surface area contributed by atoms with Crippen LogP contribution in [0.5, 0.6) is 0 Å².